The molecule has 0 aromatic heterocycles. The Kier molecular flexibility index (Phi) is 5.31. The van der Waals surface area contributed by atoms with Crippen molar-refractivity contribution in [3.63, 3.8) is 0 Å². The summed E-state index contributed by atoms with van der Waals surface area (Å²) >= 11 is 0. The highest BCUT2D eigenvalue weighted by Crippen LogP contribution is 2.33. The Morgan fingerprint density at radius 2 is 1.95 bits per heavy atom. The first kappa shape index (κ1) is 15.9. The van der Waals surface area contributed by atoms with Gasteiger partial charge in [0.15, 0.2) is 0 Å². The maximum atomic E-state index is 13.2. The molecule has 0 radical (unpaired) electrons. The van der Waals surface area contributed by atoms with E-state index in [-0.39, 0.29) is 18.2 Å². The number of alkyl halides is 3. The van der Waals surface area contributed by atoms with E-state index >= 15 is 0 Å². The summed E-state index contributed by atoms with van der Waals surface area (Å²) in [5, 5.41) is 12.2. The fourth-order valence-electron chi connectivity index (χ4n) is 1.69. The average molecular weight is 279 g/mol. The van der Waals surface area contributed by atoms with Gasteiger partial charge in [-0.25, -0.2) is 4.39 Å². The van der Waals surface area contributed by atoms with Gasteiger partial charge in [0, 0.05) is 6.04 Å². The van der Waals surface area contributed by atoms with Crippen LogP contribution in [0.15, 0.2) is 18.2 Å². The average Bonchev–Trinajstić information content (AvgIpc) is 2.35. The summed E-state index contributed by atoms with van der Waals surface area (Å²) in [6.45, 7) is 3.42. The second kappa shape index (κ2) is 6.34. The normalized spacial score (nSPS) is 15.3. The first-order valence-corrected chi connectivity index (χ1v) is 6.03. The van der Waals surface area contributed by atoms with Crippen molar-refractivity contribution in [3.8, 4) is 0 Å². The van der Waals surface area contributed by atoms with Crippen molar-refractivity contribution in [3.05, 3.63) is 35.1 Å². The first-order chi connectivity index (χ1) is 8.79. The van der Waals surface area contributed by atoms with Gasteiger partial charge in [-0.15, -0.1) is 0 Å². The van der Waals surface area contributed by atoms with Crippen molar-refractivity contribution < 1.29 is 22.7 Å². The minimum absolute atomic E-state index is 0.0385. The molecule has 0 heterocycles. The van der Waals surface area contributed by atoms with E-state index in [1.54, 1.807) is 0 Å². The smallest absolute Gasteiger partial charge is 0.394 e. The largest absolute Gasteiger partial charge is 0.419 e. The lowest BCUT2D eigenvalue weighted by atomic mass is 10.0. The summed E-state index contributed by atoms with van der Waals surface area (Å²) in [5.41, 5.74) is -1.09. The number of nitrogens with one attached hydrogen (secondary N) is 1. The maximum absolute atomic E-state index is 13.2. The molecule has 0 saturated carbocycles. The van der Waals surface area contributed by atoms with Crippen LogP contribution >= 0.6 is 0 Å². The van der Waals surface area contributed by atoms with Crippen LogP contribution in [0.1, 0.15) is 37.4 Å². The number of halogens is 4. The number of benzene rings is 1. The fourth-order valence-corrected chi connectivity index (χ4v) is 1.69. The number of rotatable bonds is 5. The molecule has 2 N–H and O–H groups in total. The van der Waals surface area contributed by atoms with Gasteiger partial charge in [0.1, 0.15) is 5.82 Å². The summed E-state index contributed by atoms with van der Waals surface area (Å²) in [5.74, 6) is -1.31. The number of hydrogen-bond acceptors (Lipinski definition) is 2. The van der Waals surface area contributed by atoms with Crippen molar-refractivity contribution in [1.82, 2.24) is 5.32 Å². The van der Waals surface area contributed by atoms with Gasteiger partial charge in [0.05, 0.1) is 18.2 Å². The molecular weight excluding hydrogens is 262 g/mol. The zero-order valence-corrected chi connectivity index (χ0v) is 10.8. The SMILES string of the molecule is CCC(C)NC(CO)c1ccc(F)c(C(F)(F)F)c1. The van der Waals surface area contributed by atoms with Gasteiger partial charge in [0.25, 0.3) is 0 Å². The lowest BCUT2D eigenvalue weighted by molar-refractivity contribution is -0.140. The zero-order valence-electron chi connectivity index (χ0n) is 10.8. The summed E-state index contributed by atoms with van der Waals surface area (Å²) in [6.07, 6.45) is -3.97. The summed E-state index contributed by atoms with van der Waals surface area (Å²) < 4.78 is 51.0. The highest BCUT2D eigenvalue weighted by atomic mass is 19.4. The molecule has 6 heteroatoms. The van der Waals surface area contributed by atoms with E-state index in [0.717, 1.165) is 18.6 Å². The molecule has 108 valence electrons. The van der Waals surface area contributed by atoms with Gasteiger partial charge in [0.2, 0.25) is 0 Å². The van der Waals surface area contributed by atoms with Gasteiger partial charge in [-0.1, -0.05) is 13.0 Å². The van der Waals surface area contributed by atoms with E-state index in [1.807, 2.05) is 13.8 Å². The van der Waals surface area contributed by atoms with E-state index in [1.165, 1.54) is 6.07 Å². The first-order valence-electron chi connectivity index (χ1n) is 6.03. The molecule has 1 aromatic carbocycles. The van der Waals surface area contributed by atoms with Gasteiger partial charge >= 0.3 is 6.18 Å². The molecule has 2 nitrogen and oxygen atoms in total. The monoisotopic (exact) mass is 279 g/mol. The zero-order chi connectivity index (χ0) is 14.6. The highest BCUT2D eigenvalue weighted by Gasteiger charge is 2.34. The van der Waals surface area contributed by atoms with Crippen LogP contribution < -0.4 is 5.32 Å². The Balaban J connectivity index is 3.06. The van der Waals surface area contributed by atoms with Crippen LogP contribution in [0, 0.1) is 5.82 Å². The van der Waals surface area contributed by atoms with Gasteiger partial charge in [-0.3, -0.25) is 0 Å². The number of hydrogen-bond donors (Lipinski definition) is 2. The molecule has 0 saturated heterocycles. The maximum Gasteiger partial charge on any atom is 0.419 e. The van der Waals surface area contributed by atoms with Crippen LogP contribution in [0.2, 0.25) is 0 Å². The molecule has 0 aliphatic rings. The van der Waals surface area contributed by atoms with Gasteiger partial charge in [-0.05, 0) is 31.0 Å². The predicted octanol–water partition coefficient (Wildman–Crippen LogP) is 3.27. The molecule has 0 spiro atoms. The molecule has 0 aliphatic carbocycles. The van der Waals surface area contributed by atoms with E-state index in [4.69, 9.17) is 0 Å². The van der Waals surface area contributed by atoms with Crippen molar-refractivity contribution in [2.24, 2.45) is 0 Å². The van der Waals surface area contributed by atoms with Crippen molar-refractivity contribution in [2.45, 2.75) is 38.5 Å². The van der Waals surface area contributed by atoms with Crippen molar-refractivity contribution >= 4 is 0 Å². The third kappa shape index (κ3) is 4.18. The Hall–Kier alpha value is -1.14. The Morgan fingerprint density at radius 1 is 1.32 bits per heavy atom. The lowest BCUT2D eigenvalue weighted by Crippen LogP contribution is -2.32. The van der Waals surface area contributed by atoms with E-state index in [2.05, 4.69) is 5.32 Å². The van der Waals surface area contributed by atoms with Crippen LogP contribution in [0.3, 0.4) is 0 Å². The Morgan fingerprint density at radius 3 is 2.42 bits per heavy atom. The lowest BCUT2D eigenvalue weighted by Gasteiger charge is -2.22. The van der Waals surface area contributed by atoms with Gasteiger partial charge < -0.3 is 10.4 Å². The Bertz CT molecular complexity index is 420. The molecule has 0 aliphatic heterocycles. The topological polar surface area (TPSA) is 32.3 Å². The van der Waals surface area contributed by atoms with Crippen LogP contribution in [0.25, 0.3) is 0 Å². The molecule has 2 unspecified atom stereocenters. The van der Waals surface area contributed by atoms with E-state index in [0.29, 0.717) is 0 Å². The van der Waals surface area contributed by atoms with Gasteiger partial charge in [-0.2, -0.15) is 13.2 Å². The standard InChI is InChI=1S/C13H17F4NO/c1-3-8(2)18-12(7-19)9-4-5-11(14)10(6-9)13(15,16)17/h4-6,8,12,18-19H,3,7H2,1-2H3. The van der Waals surface area contributed by atoms with Crippen molar-refractivity contribution in [1.29, 1.82) is 0 Å². The predicted molar refractivity (Wildman–Crippen MR) is 64.1 cm³/mol. The van der Waals surface area contributed by atoms with E-state index < -0.39 is 23.6 Å². The third-order valence-electron chi connectivity index (χ3n) is 2.98. The highest BCUT2D eigenvalue weighted by molar-refractivity contribution is 5.29. The van der Waals surface area contributed by atoms with E-state index in [9.17, 15) is 22.7 Å². The molecule has 2 atom stereocenters. The fraction of sp³-hybridized carbons (Fsp3) is 0.538. The molecule has 0 fully saturated rings. The Labute approximate surface area is 109 Å². The summed E-state index contributed by atoms with van der Waals surface area (Å²) in [6, 6.07) is 2.17. The number of aliphatic hydroxyl groups is 1. The van der Waals surface area contributed by atoms with Crippen LogP contribution in [-0.4, -0.2) is 17.8 Å². The van der Waals surface area contributed by atoms with Crippen LogP contribution in [0.5, 0.6) is 0 Å². The molecule has 1 rings (SSSR count). The minimum Gasteiger partial charge on any atom is -0.394 e. The molecular formula is C13H17F4NO. The second-order valence-electron chi connectivity index (χ2n) is 4.45. The third-order valence-corrected chi connectivity index (χ3v) is 2.98. The summed E-state index contributed by atoms with van der Waals surface area (Å²) in [7, 11) is 0. The summed E-state index contributed by atoms with van der Waals surface area (Å²) in [4.78, 5) is 0. The molecule has 0 amide bonds. The molecule has 1 aromatic rings. The minimum atomic E-state index is -4.74. The molecule has 0 bridgehead atoms. The number of aliphatic hydroxyl groups excluding tert-OH is 1. The molecule has 19 heavy (non-hydrogen) atoms. The van der Waals surface area contributed by atoms with Crippen LogP contribution in [0.4, 0.5) is 17.6 Å². The van der Waals surface area contributed by atoms with Crippen LogP contribution in [-0.2, 0) is 6.18 Å². The second-order valence-corrected chi connectivity index (χ2v) is 4.45. The van der Waals surface area contributed by atoms with Crippen molar-refractivity contribution in [2.75, 3.05) is 6.61 Å². The quantitative estimate of drug-likeness (QED) is 0.811.